The first kappa shape index (κ1) is 8.63. The SMILES string of the molecule is [N]OCc1ccccc1[N+](=O)[O-]. The van der Waals surface area contributed by atoms with Gasteiger partial charge in [0.2, 0.25) is 0 Å². The van der Waals surface area contributed by atoms with Crippen molar-refractivity contribution in [3.63, 3.8) is 0 Å². The normalized spacial score (nSPS) is 9.75. The number of hydrogen-bond donors (Lipinski definition) is 0. The summed E-state index contributed by atoms with van der Waals surface area (Å²) in [6.07, 6.45) is 0. The Balaban J connectivity index is 3.00. The predicted octanol–water partition coefficient (Wildman–Crippen LogP) is 1.10. The van der Waals surface area contributed by atoms with E-state index in [1.54, 1.807) is 12.1 Å². The molecule has 5 heteroatoms. The van der Waals surface area contributed by atoms with Crippen molar-refractivity contribution in [1.82, 2.24) is 5.90 Å². The maximum absolute atomic E-state index is 10.4. The first-order chi connectivity index (χ1) is 5.75. The molecule has 0 unspecified atom stereocenters. The second-order valence-electron chi connectivity index (χ2n) is 2.16. The van der Waals surface area contributed by atoms with Crippen molar-refractivity contribution in [2.24, 2.45) is 0 Å². The zero-order valence-corrected chi connectivity index (χ0v) is 6.14. The van der Waals surface area contributed by atoms with Crippen molar-refractivity contribution in [3.8, 4) is 0 Å². The van der Waals surface area contributed by atoms with Crippen LogP contribution in [-0.2, 0) is 11.4 Å². The van der Waals surface area contributed by atoms with E-state index in [-0.39, 0.29) is 12.3 Å². The molecule has 0 atom stereocenters. The Labute approximate surface area is 68.9 Å². The molecular formula is C7H6N2O3. The third-order valence-electron chi connectivity index (χ3n) is 1.41. The second kappa shape index (κ2) is 3.80. The molecule has 1 aromatic rings. The van der Waals surface area contributed by atoms with Gasteiger partial charge in [-0.3, -0.25) is 15.0 Å². The predicted molar refractivity (Wildman–Crippen MR) is 40.0 cm³/mol. The average molecular weight is 166 g/mol. The third-order valence-corrected chi connectivity index (χ3v) is 1.41. The second-order valence-corrected chi connectivity index (χ2v) is 2.16. The van der Waals surface area contributed by atoms with Gasteiger partial charge in [0.25, 0.3) is 5.69 Å². The fraction of sp³-hybridized carbons (Fsp3) is 0.143. The van der Waals surface area contributed by atoms with Crippen LogP contribution >= 0.6 is 0 Å². The monoisotopic (exact) mass is 166 g/mol. The summed E-state index contributed by atoms with van der Waals surface area (Å²) in [5.74, 6) is 8.10. The van der Waals surface area contributed by atoms with Crippen molar-refractivity contribution in [2.45, 2.75) is 6.61 Å². The maximum atomic E-state index is 10.4. The van der Waals surface area contributed by atoms with Gasteiger partial charge in [0.05, 0.1) is 10.5 Å². The van der Waals surface area contributed by atoms with Crippen LogP contribution in [0.25, 0.3) is 0 Å². The summed E-state index contributed by atoms with van der Waals surface area (Å²) in [4.78, 5) is 13.7. The Hall–Kier alpha value is -1.46. The average Bonchev–Trinajstić information content (AvgIpc) is 2.05. The van der Waals surface area contributed by atoms with Crippen molar-refractivity contribution in [2.75, 3.05) is 0 Å². The van der Waals surface area contributed by atoms with Crippen LogP contribution in [0, 0.1) is 10.1 Å². The minimum absolute atomic E-state index is 0.0495. The van der Waals surface area contributed by atoms with Crippen molar-refractivity contribution in [3.05, 3.63) is 39.9 Å². The van der Waals surface area contributed by atoms with E-state index < -0.39 is 4.92 Å². The Morgan fingerprint density at radius 3 is 2.75 bits per heavy atom. The van der Waals surface area contributed by atoms with Crippen LogP contribution in [0.4, 0.5) is 5.69 Å². The molecule has 62 valence electrons. The number of rotatable bonds is 3. The Kier molecular flexibility index (Phi) is 2.73. The maximum Gasteiger partial charge on any atom is 0.274 e. The molecular weight excluding hydrogens is 160 g/mol. The van der Waals surface area contributed by atoms with Gasteiger partial charge in [0.1, 0.15) is 6.61 Å². The van der Waals surface area contributed by atoms with Crippen molar-refractivity contribution >= 4 is 5.69 Å². The molecule has 0 aliphatic rings. The molecule has 1 aromatic carbocycles. The number of benzene rings is 1. The molecule has 0 fully saturated rings. The Bertz CT molecular complexity index is 288. The fourth-order valence-corrected chi connectivity index (χ4v) is 0.881. The third kappa shape index (κ3) is 1.77. The van der Waals surface area contributed by atoms with Crippen LogP contribution < -0.4 is 5.90 Å². The van der Waals surface area contributed by atoms with Gasteiger partial charge in [0, 0.05) is 12.0 Å². The van der Waals surface area contributed by atoms with Crippen LogP contribution in [0.2, 0.25) is 0 Å². The molecule has 0 aliphatic carbocycles. The van der Waals surface area contributed by atoms with Crippen LogP contribution in [0.5, 0.6) is 0 Å². The molecule has 0 amide bonds. The minimum atomic E-state index is -0.519. The minimum Gasteiger partial charge on any atom is -0.259 e. The quantitative estimate of drug-likeness (QED) is 0.498. The number of nitrogens with zero attached hydrogens (tertiary/aromatic N) is 2. The Morgan fingerprint density at radius 2 is 2.17 bits per heavy atom. The molecule has 12 heavy (non-hydrogen) atoms. The van der Waals surface area contributed by atoms with E-state index in [2.05, 4.69) is 4.84 Å². The highest BCUT2D eigenvalue weighted by Gasteiger charge is 2.11. The smallest absolute Gasteiger partial charge is 0.259 e. The molecule has 0 saturated carbocycles. The highest BCUT2D eigenvalue weighted by atomic mass is 16.6. The molecule has 0 heterocycles. The highest BCUT2D eigenvalue weighted by molar-refractivity contribution is 5.39. The number of para-hydroxylation sites is 1. The lowest BCUT2D eigenvalue weighted by molar-refractivity contribution is -0.386. The Morgan fingerprint density at radius 1 is 1.50 bits per heavy atom. The van der Waals surface area contributed by atoms with Gasteiger partial charge in [-0.1, -0.05) is 12.1 Å². The molecule has 1 rings (SSSR count). The summed E-state index contributed by atoms with van der Waals surface area (Å²) in [7, 11) is 0. The van der Waals surface area contributed by atoms with E-state index >= 15 is 0 Å². The molecule has 0 saturated heterocycles. The van der Waals surface area contributed by atoms with Crippen LogP contribution in [0.1, 0.15) is 5.56 Å². The topological polar surface area (TPSA) is 74.7 Å². The van der Waals surface area contributed by atoms with Crippen LogP contribution in [0.3, 0.4) is 0 Å². The summed E-state index contributed by atoms with van der Waals surface area (Å²) in [6.45, 7) is -0.169. The molecule has 0 aromatic heterocycles. The number of hydrogen-bond acceptors (Lipinski definition) is 3. The van der Waals surface area contributed by atoms with Crippen molar-refractivity contribution < 1.29 is 9.76 Å². The van der Waals surface area contributed by atoms with Crippen LogP contribution in [-0.4, -0.2) is 4.92 Å². The van der Waals surface area contributed by atoms with E-state index in [1.165, 1.54) is 12.1 Å². The molecule has 2 radical (unpaired) electrons. The lowest BCUT2D eigenvalue weighted by atomic mass is 10.2. The van der Waals surface area contributed by atoms with Gasteiger partial charge in [-0.05, 0) is 6.07 Å². The van der Waals surface area contributed by atoms with E-state index in [0.717, 1.165) is 0 Å². The number of nitro benzene ring substituents is 1. The van der Waals surface area contributed by atoms with Gasteiger partial charge in [-0.15, -0.1) is 0 Å². The first-order valence-corrected chi connectivity index (χ1v) is 3.24. The molecule has 0 spiro atoms. The zero-order valence-electron chi connectivity index (χ0n) is 6.14. The summed E-state index contributed by atoms with van der Waals surface area (Å²) in [5, 5.41) is 10.4. The van der Waals surface area contributed by atoms with Gasteiger partial charge in [-0.2, -0.15) is 0 Å². The fourth-order valence-electron chi connectivity index (χ4n) is 0.881. The van der Waals surface area contributed by atoms with Gasteiger partial charge in [0.15, 0.2) is 0 Å². The lowest BCUT2D eigenvalue weighted by Crippen LogP contribution is -1.96. The summed E-state index contributed by atoms with van der Waals surface area (Å²) < 4.78 is 0. The molecule has 0 aliphatic heterocycles. The van der Waals surface area contributed by atoms with Crippen molar-refractivity contribution in [1.29, 1.82) is 0 Å². The summed E-state index contributed by atoms with van der Waals surface area (Å²) >= 11 is 0. The van der Waals surface area contributed by atoms with Crippen LogP contribution in [0.15, 0.2) is 24.3 Å². The largest absolute Gasteiger partial charge is 0.274 e. The van der Waals surface area contributed by atoms with Gasteiger partial charge < -0.3 is 0 Å². The number of nitro groups is 1. The zero-order chi connectivity index (χ0) is 8.97. The summed E-state index contributed by atoms with van der Waals surface area (Å²) in [5.41, 5.74) is 0.302. The molecule has 0 N–H and O–H groups in total. The molecule has 5 nitrogen and oxygen atoms in total. The van der Waals surface area contributed by atoms with E-state index in [9.17, 15) is 10.1 Å². The van der Waals surface area contributed by atoms with Gasteiger partial charge in [-0.25, -0.2) is 0 Å². The first-order valence-electron chi connectivity index (χ1n) is 3.24. The van der Waals surface area contributed by atoms with E-state index in [4.69, 9.17) is 5.90 Å². The van der Waals surface area contributed by atoms with E-state index in [1.807, 2.05) is 0 Å². The van der Waals surface area contributed by atoms with Gasteiger partial charge >= 0.3 is 0 Å². The summed E-state index contributed by atoms with van der Waals surface area (Å²) in [6, 6.07) is 6.07. The molecule has 0 bridgehead atoms. The van der Waals surface area contributed by atoms with E-state index in [0.29, 0.717) is 5.56 Å². The standard InChI is InChI=1S/C7H6N2O3/c8-12-5-6-3-1-2-4-7(6)9(10)11/h1-4H,5H2. The lowest BCUT2D eigenvalue weighted by Gasteiger charge is -1.97. The highest BCUT2D eigenvalue weighted by Crippen LogP contribution is 2.17.